The highest BCUT2D eigenvalue weighted by atomic mass is 35.5. The number of carbonyl (C=O) groups excluding carboxylic acids is 2. The van der Waals surface area contributed by atoms with Crippen LogP contribution in [0.25, 0.3) is 33.0 Å². The van der Waals surface area contributed by atoms with E-state index in [0.717, 1.165) is 69.1 Å². The number of rotatable bonds is 8. The average molecular weight is 857 g/mol. The fraction of sp³-hybridized carbons (Fsp3) is 0.311. The summed E-state index contributed by atoms with van der Waals surface area (Å²) in [5.41, 5.74) is 5.09. The maximum Gasteiger partial charge on any atom is 0.274 e. The number of piperazine rings is 2. The van der Waals surface area contributed by atoms with Crippen LogP contribution in [0.5, 0.6) is 0 Å². The minimum Gasteiger partial charge on any atom is -0.463 e. The third kappa shape index (κ3) is 8.42. The molecule has 6 heterocycles. The van der Waals surface area contributed by atoms with Gasteiger partial charge in [-0.25, -0.2) is 24.9 Å². The number of furan rings is 1. The Bertz CT molecular complexity index is 2760. The number of para-hydroxylation sites is 5. The lowest BCUT2D eigenvalue weighted by molar-refractivity contribution is 0.0736. The molecule has 2 N–H and O–H groups in total. The van der Waals surface area contributed by atoms with Gasteiger partial charge in [-0.15, -0.1) is 0 Å². The Morgan fingerprint density at radius 3 is 1.56 bits per heavy atom. The molecule has 61 heavy (non-hydrogen) atoms. The largest absolute Gasteiger partial charge is 0.463 e. The Morgan fingerprint density at radius 2 is 1.03 bits per heavy atom. The number of carbonyl (C=O) groups is 2. The van der Waals surface area contributed by atoms with Gasteiger partial charge in [0.25, 0.3) is 11.8 Å². The minimum atomic E-state index is -0.205. The number of pyridine rings is 1. The van der Waals surface area contributed by atoms with Crippen molar-refractivity contribution in [2.45, 2.75) is 37.8 Å². The summed E-state index contributed by atoms with van der Waals surface area (Å²) in [7, 11) is 0. The maximum atomic E-state index is 13.1. The molecule has 4 aromatic heterocycles. The lowest BCUT2D eigenvalue weighted by Crippen LogP contribution is -2.49. The summed E-state index contributed by atoms with van der Waals surface area (Å²) in [6, 6.07) is 27.6. The number of nitrogens with zero attached hydrogens (tertiary/aromatic N) is 9. The molecular weight excluding hydrogens is 813 g/mol. The SMILES string of the molecule is O=C(c1coc2ccccc12)N1CCN(c2nc3ccccc3nc2NC2CC2)CC1.O=C(c1nc(Cl)ccc1Cl)N1CCN(c2nc3ccccc3nc2NC2CC2)CC1. The molecule has 310 valence electrons. The van der Waals surface area contributed by atoms with Crippen LogP contribution in [0.2, 0.25) is 10.2 Å². The monoisotopic (exact) mass is 855 g/mol. The molecule has 2 aliphatic carbocycles. The number of hydrogen-bond acceptors (Lipinski definition) is 12. The van der Waals surface area contributed by atoms with Crippen LogP contribution in [0.1, 0.15) is 46.5 Å². The van der Waals surface area contributed by atoms with E-state index in [1.54, 1.807) is 23.3 Å². The summed E-state index contributed by atoms with van der Waals surface area (Å²) in [5.74, 6) is 3.20. The molecular formula is C45H43Cl2N11O3. The molecule has 3 aromatic carbocycles. The molecule has 0 radical (unpaired) electrons. The predicted molar refractivity (Wildman–Crippen MR) is 239 cm³/mol. The van der Waals surface area contributed by atoms with E-state index in [9.17, 15) is 9.59 Å². The van der Waals surface area contributed by atoms with Crippen molar-refractivity contribution in [1.82, 2.24) is 34.7 Å². The van der Waals surface area contributed by atoms with Gasteiger partial charge in [-0.1, -0.05) is 65.7 Å². The summed E-state index contributed by atoms with van der Waals surface area (Å²) < 4.78 is 5.57. The van der Waals surface area contributed by atoms with Crippen molar-refractivity contribution in [2.24, 2.45) is 0 Å². The Labute approximate surface area is 361 Å². The Balaban J connectivity index is 0.000000146. The molecule has 2 saturated heterocycles. The predicted octanol–water partition coefficient (Wildman–Crippen LogP) is 7.78. The maximum absolute atomic E-state index is 13.1. The molecule has 16 heteroatoms. The van der Waals surface area contributed by atoms with Crippen molar-refractivity contribution in [3.8, 4) is 0 Å². The minimum absolute atomic E-state index is 0.0190. The second kappa shape index (κ2) is 16.7. The summed E-state index contributed by atoms with van der Waals surface area (Å²) in [6.07, 6.45) is 6.24. The van der Waals surface area contributed by atoms with Crippen molar-refractivity contribution in [3.05, 3.63) is 113 Å². The quantitative estimate of drug-likeness (QED) is 0.144. The van der Waals surface area contributed by atoms with Crippen molar-refractivity contribution in [2.75, 3.05) is 72.8 Å². The molecule has 0 unspecified atom stereocenters. The average Bonchev–Trinajstić information content (AvgIpc) is 4.25. The van der Waals surface area contributed by atoms with Crippen molar-refractivity contribution >= 4 is 91.3 Å². The molecule has 2 saturated carbocycles. The molecule has 2 amide bonds. The summed E-state index contributed by atoms with van der Waals surface area (Å²) in [5, 5.41) is 8.48. The van der Waals surface area contributed by atoms with E-state index in [2.05, 4.69) is 25.4 Å². The fourth-order valence-electron chi connectivity index (χ4n) is 7.73. The third-order valence-corrected chi connectivity index (χ3v) is 11.9. The molecule has 4 aliphatic rings. The summed E-state index contributed by atoms with van der Waals surface area (Å²) in [4.78, 5) is 57.6. The van der Waals surface area contributed by atoms with E-state index < -0.39 is 0 Å². The molecule has 0 bridgehead atoms. The van der Waals surface area contributed by atoms with E-state index >= 15 is 0 Å². The topological polar surface area (TPSA) is 149 Å². The Hall–Kier alpha value is -6.25. The highest BCUT2D eigenvalue weighted by molar-refractivity contribution is 6.34. The Morgan fingerprint density at radius 1 is 0.557 bits per heavy atom. The second-order valence-corrected chi connectivity index (χ2v) is 16.6. The number of hydrogen-bond donors (Lipinski definition) is 2. The molecule has 2 aliphatic heterocycles. The van der Waals surface area contributed by atoms with Crippen molar-refractivity contribution in [1.29, 1.82) is 0 Å². The van der Waals surface area contributed by atoms with Crippen LogP contribution in [0.4, 0.5) is 23.3 Å². The van der Waals surface area contributed by atoms with E-state index in [-0.39, 0.29) is 22.7 Å². The standard InChI is InChI=1S/C24H23N5O2.C21H20Cl2N6O/c30-24(18-15-31-21-8-4-1-5-17(18)21)29-13-11-28(12-14-29)23-22(25-16-9-10-16)26-19-6-2-3-7-20(19)27-23;22-14-7-8-17(23)27-18(14)21(30)29-11-9-28(10-12-29)20-19(24-13-5-6-13)25-15-3-1-2-4-16(15)26-20/h1-8,15-16H,9-14H2,(H,25,26);1-4,7-8,13H,5-6,9-12H2,(H,24,25). The van der Waals surface area contributed by atoms with Gasteiger partial charge in [0.05, 0.1) is 32.7 Å². The fourth-order valence-corrected chi connectivity index (χ4v) is 8.07. The zero-order valence-corrected chi connectivity index (χ0v) is 34.8. The molecule has 11 rings (SSSR count). The smallest absolute Gasteiger partial charge is 0.274 e. The normalized spacial score (nSPS) is 16.8. The van der Waals surface area contributed by atoms with Crippen LogP contribution in [0.3, 0.4) is 0 Å². The van der Waals surface area contributed by atoms with Gasteiger partial charge in [-0.3, -0.25) is 9.59 Å². The van der Waals surface area contributed by atoms with Crippen LogP contribution in [-0.2, 0) is 0 Å². The number of aromatic nitrogens is 5. The Kier molecular flexibility index (Phi) is 10.6. The van der Waals surface area contributed by atoms with Crippen LogP contribution in [0.15, 0.2) is 95.6 Å². The number of nitrogens with one attached hydrogen (secondary N) is 2. The van der Waals surface area contributed by atoms with Crippen LogP contribution in [0, 0.1) is 0 Å². The van der Waals surface area contributed by atoms with Crippen LogP contribution in [-0.4, -0.2) is 111 Å². The lowest BCUT2D eigenvalue weighted by Gasteiger charge is -2.36. The molecule has 14 nitrogen and oxygen atoms in total. The van der Waals surface area contributed by atoms with Gasteiger partial charge < -0.3 is 34.7 Å². The molecule has 0 atom stereocenters. The first kappa shape index (κ1) is 38.9. The van der Waals surface area contributed by atoms with Gasteiger partial charge in [0.2, 0.25) is 0 Å². The van der Waals surface area contributed by atoms with E-state index in [1.807, 2.05) is 77.7 Å². The van der Waals surface area contributed by atoms with Gasteiger partial charge in [-0.2, -0.15) is 0 Å². The van der Waals surface area contributed by atoms with Gasteiger partial charge in [0.15, 0.2) is 23.3 Å². The number of fused-ring (bicyclic) bond motifs is 3. The zero-order valence-electron chi connectivity index (χ0n) is 33.3. The van der Waals surface area contributed by atoms with Gasteiger partial charge in [0.1, 0.15) is 22.7 Å². The highest BCUT2D eigenvalue weighted by Gasteiger charge is 2.31. The highest BCUT2D eigenvalue weighted by Crippen LogP contribution is 2.33. The first-order valence-corrected chi connectivity index (χ1v) is 21.5. The van der Waals surface area contributed by atoms with E-state index in [0.29, 0.717) is 75.0 Å². The first-order chi connectivity index (χ1) is 29.8. The summed E-state index contributed by atoms with van der Waals surface area (Å²) in [6.45, 7) is 5.08. The zero-order chi connectivity index (χ0) is 41.5. The second-order valence-electron chi connectivity index (χ2n) is 15.8. The van der Waals surface area contributed by atoms with Crippen molar-refractivity contribution in [3.63, 3.8) is 0 Å². The van der Waals surface area contributed by atoms with Gasteiger partial charge in [0, 0.05) is 69.8 Å². The van der Waals surface area contributed by atoms with Gasteiger partial charge in [-0.05, 0) is 68.1 Å². The lowest BCUT2D eigenvalue weighted by atomic mass is 10.1. The number of benzene rings is 3. The first-order valence-electron chi connectivity index (χ1n) is 20.8. The van der Waals surface area contributed by atoms with Crippen LogP contribution < -0.4 is 20.4 Å². The van der Waals surface area contributed by atoms with Gasteiger partial charge >= 0.3 is 0 Å². The number of amides is 2. The number of halogens is 2. The molecule has 4 fully saturated rings. The number of anilines is 4. The molecule has 7 aromatic rings. The van der Waals surface area contributed by atoms with E-state index in [1.165, 1.54) is 12.8 Å². The van der Waals surface area contributed by atoms with E-state index in [4.69, 9.17) is 47.6 Å². The summed E-state index contributed by atoms with van der Waals surface area (Å²) >= 11 is 12.1. The van der Waals surface area contributed by atoms with Crippen molar-refractivity contribution < 1.29 is 14.0 Å². The van der Waals surface area contributed by atoms with Crippen LogP contribution >= 0.6 is 23.2 Å². The third-order valence-electron chi connectivity index (χ3n) is 11.4. The molecule has 0 spiro atoms.